The van der Waals surface area contributed by atoms with Crippen LogP contribution in [0.5, 0.6) is 0 Å². The Morgan fingerprint density at radius 3 is 2.79 bits per heavy atom. The number of carbonyl (C=O) groups is 2. The van der Waals surface area contributed by atoms with Crippen molar-refractivity contribution in [3.63, 3.8) is 0 Å². The van der Waals surface area contributed by atoms with Crippen LogP contribution >= 0.6 is 0 Å². The van der Waals surface area contributed by atoms with Crippen LogP contribution in [0.25, 0.3) is 11.0 Å². The fraction of sp³-hybridized carbons (Fsp3) is 0.167. The SMILES string of the molecule is COC(=O)[C@H](NC(=O)c1ccc2nc[nH]c2c1)c1cccc(C)c1. The van der Waals surface area contributed by atoms with E-state index < -0.39 is 12.0 Å². The number of aromatic nitrogens is 2. The summed E-state index contributed by atoms with van der Waals surface area (Å²) in [5.41, 5.74) is 3.64. The van der Waals surface area contributed by atoms with E-state index in [1.165, 1.54) is 7.11 Å². The van der Waals surface area contributed by atoms with E-state index in [0.29, 0.717) is 11.1 Å². The largest absolute Gasteiger partial charge is 0.467 e. The lowest BCUT2D eigenvalue weighted by Crippen LogP contribution is -2.34. The van der Waals surface area contributed by atoms with E-state index in [1.54, 1.807) is 30.6 Å². The first-order valence-electron chi connectivity index (χ1n) is 7.47. The number of nitrogens with one attached hydrogen (secondary N) is 2. The van der Waals surface area contributed by atoms with Gasteiger partial charge >= 0.3 is 5.97 Å². The van der Waals surface area contributed by atoms with Crippen LogP contribution in [0.1, 0.15) is 27.5 Å². The second kappa shape index (κ2) is 6.54. The van der Waals surface area contributed by atoms with Crippen molar-refractivity contribution in [2.75, 3.05) is 7.11 Å². The summed E-state index contributed by atoms with van der Waals surface area (Å²) in [7, 11) is 1.30. The van der Waals surface area contributed by atoms with E-state index in [9.17, 15) is 9.59 Å². The molecule has 0 aliphatic rings. The molecule has 122 valence electrons. The van der Waals surface area contributed by atoms with Crippen molar-refractivity contribution in [2.24, 2.45) is 0 Å². The molecule has 0 fully saturated rings. The fourth-order valence-corrected chi connectivity index (χ4v) is 2.54. The van der Waals surface area contributed by atoms with Gasteiger partial charge in [-0.15, -0.1) is 0 Å². The molecule has 0 saturated carbocycles. The predicted octanol–water partition coefficient (Wildman–Crippen LogP) is 2.52. The number of fused-ring (bicyclic) bond motifs is 1. The maximum Gasteiger partial charge on any atom is 0.333 e. The lowest BCUT2D eigenvalue weighted by atomic mass is 10.0. The number of hydrogen-bond acceptors (Lipinski definition) is 4. The number of amides is 1. The van der Waals surface area contributed by atoms with Gasteiger partial charge in [-0.05, 0) is 30.7 Å². The second-order valence-corrected chi connectivity index (χ2v) is 5.48. The molecule has 1 amide bonds. The fourth-order valence-electron chi connectivity index (χ4n) is 2.54. The zero-order valence-corrected chi connectivity index (χ0v) is 13.4. The van der Waals surface area contributed by atoms with Crippen molar-refractivity contribution >= 4 is 22.9 Å². The van der Waals surface area contributed by atoms with Gasteiger partial charge in [0.05, 0.1) is 24.5 Å². The van der Waals surface area contributed by atoms with Crippen molar-refractivity contribution in [3.8, 4) is 0 Å². The van der Waals surface area contributed by atoms with Crippen LogP contribution in [-0.4, -0.2) is 29.0 Å². The molecule has 6 nitrogen and oxygen atoms in total. The van der Waals surface area contributed by atoms with Gasteiger partial charge in [-0.25, -0.2) is 9.78 Å². The molecular formula is C18H17N3O3. The number of H-pyrrole nitrogens is 1. The molecule has 0 radical (unpaired) electrons. The molecule has 1 aromatic heterocycles. The highest BCUT2D eigenvalue weighted by molar-refractivity contribution is 5.99. The minimum atomic E-state index is -0.861. The van der Waals surface area contributed by atoms with Crippen LogP contribution in [0.4, 0.5) is 0 Å². The molecule has 3 rings (SSSR count). The van der Waals surface area contributed by atoms with E-state index >= 15 is 0 Å². The summed E-state index contributed by atoms with van der Waals surface area (Å²) in [6, 6.07) is 11.6. The lowest BCUT2D eigenvalue weighted by Gasteiger charge is -2.17. The monoisotopic (exact) mass is 323 g/mol. The summed E-state index contributed by atoms with van der Waals surface area (Å²) in [5, 5.41) is 2.74. The maximum atomic E-state index is 12.5. The number of aryl methyl sites for hydroxylation is 1. The maximum absolute atomic E-state index is 12.5. The second-order valence-electron chi connectivity index (χ2n) is 5.48. The summed E-state index contributed by atoms with van der Waals surface area (Å²) >= 11 is 0. The number of imidazole rings is 1. The molecule has 6 heteroatoms. The highest BCUT2D eigenvalue weighted by Gasteiger charge is 2.24. The predicted molar refractivity (Wildman–Crippen MR) is 89.5 cm³/mol. The number of rotatable bonds is 4. The Balaban J connectivity index is 1.88. The van der Waals surface area contributed by atoms with Crippen LogP contribution in [0, 0.1) is 6.92 Å². The molecule has 0 aliphatic carbocycles. The molecule has 0 aliphatic heterocycles. The Labute approximate surface area is 138 Å². The van der Waals surface area contributed by atoms with Crippen molar-refractivity contribution in [3.05, 3.63) is 65.5 Å². The van der Waals surface area contributed by atoms with Gasteiger partial charge in [-0.2, -0.15) is 0 Å². The van der Waals surface area contributed by atoms with Crippen molar-refractivity contribution in [1.82, 2.24) is 15.3 Å². The highest BCUT2D eigenvalue weighted by atomic mass is 16.5. The Morgan fingerprint density at radius 1 is 1.21 bits per heavy atom. The van der Waals surface area contributed by atoms with Crippen LogP contribution < -0.4 is 5.32 Å². The van der Waals surface area contributed by atoms with Crippen molar-refractivity contribution in [1.29, 1.82) is 0 Å². The molecule has 1 heterocycles. The van der Waals surface area contributed by atoms with Crippen LogP contribution in [0.3, 0.4) is 0 Å². The Morgan fingerprint density at radius 2 is 2.04 bits per heavy atom. The van der Waals surface area contributed by atoms with Gasteiger partial charge in [-0.3, -0.25) is 4.79 Å². The van der Waals surface area contributed by atoms with Gasteiger partial charge in [0.2, 0.25) is 0 Å². The number of aromatic amines is 1. The first-order chi connectivity index (χ1) is 11.6. The standard InChI is InChI=1S/C18H17N3O3/c1-11-4-3-5-12(8-11)16(18(23)24-2)21-17(22)13-6-7-14-15(9-13)20-10-19-14/h3-10,16H,1-2H3,(H,19,20)(H,21,22)/t16-/m1/s1. The lowest BCUT2D eigenvalue weighted by molar-refractivity contribution is -0.143. The highest BCUT2D eigenvalue weighted by Crippen LogP contribution is 2.18. The molecule has 2 N–H and O–H groups in total. The summed E-state index contributed by atoms with van der Waals surface area (Å²) in [4.78, 5) is 31.7. The van der Waals surface area contributed by atoms with Gasteiger partial charge in [0, 0.05) is 5.56 Å². The minimum Gasteiger partial charge on any atom is -0.467 e. The Bertz CT molecular complexity index is 901. The number of nitrogens with zero attached hydrogens (tertiary/aromatic N) is 1. The third kappa shape index (κ3) is 3.12. The number of ether oxygens (including phenoxy) is 1. The smallest absolute Gasteiger partial charge is 0.333 e. The first-order valence-corrected chi connectivity index (χ1v) is 7.47. The summed E-state index contributed by atoms with van der Waals surface area (Å²) < 4.78 is 4.83. The van der Waals surface area contributed by atoms with Crippen LogP contribution in [0.15, 0.2) is 48.8 Å². The summed E-state index contributed by atoms with van der Waals surface area (Å²) in [6.07, 6.45) is 1.57. The summed E-state index contributed by atoms with van der Waals surface area (Å²) in [5.74, 6) is -0.875. The van der Waals surface area contributed by atoms with E-state index in [0.717, 1.165) is 16.6 Å². The molecule has 3 aromatic rings. The van der Waals surface area contributed by atoms with Gasteiger partial charge in [0.25, 0.3) is 5.91 Å². The molecule has 0 unspecified atom stereocenters. The molecule has 0 saturated heterocycles. The normalized spacial score (nSPS) is 11.9. The average molecular weight is 323 g/mol. The zero-order chi connectivity index (χ0) is 17.1. The Hall–Kier alpha value is -3.15. The molecule has 24 heavy (non-hydrogen) atoms. The van der Waals surface area contributed by atoms with Gasteiger partial charge < -0.3 is 15.0 Å². The third-order valence-corrected chi connectivity index (χ3v) is 3.77. The van der Waals surface area contributed by atoms with Gasteiger partial charge in [0.15, 0.2) is 6.04 Å². The summed E-state index contributed by atoms with van der Waals surface area (Å²) in [6.45, 7) is 1.92. The first kappa shape index (κ1) is 15.7. The molecular weight excluding hydrogens is 306 g/mol. The topological polar surface area (TPSA) is 84.1 Å². The number of hydrogen-bond donors (Lipinski definition) is 2. The number of carbonyl (C=O) groups excluding carboxylic acids is 2. The van der Waals surface area contributed by atoms with E-state index in [-0.39, 0.29) is 5.91 Å². The number of methoxy groups -OCH3 is 1. The molecule has 2 aromatic carbocycles. The number of benzene rings is 2. The molecule has 0 bridgehead atoms. The van der Waals surface area contributed by atoms with E-state index in [1.807, 2.05) is 25.1 Å². The molecule has 1 atom stereocenters. The molecule has 0 spiro atoms. The quantitative estimate of drug-likeness (QED) is 0.723. The average Bonchev–Trinajstić information content (AvgIpc) is 3.06. The van der Waals surface area contributed by atoms with Crippen molar-refractivity contribution < 1.29 is 14.3 Å². The van der Waals surface area contributed by atoms with Crippen LogP contribution in [-0.2, 0) is 9.53 Å². The zero-order valence-electron chi connectivity index (χ0n) is 13.4. The van der Waals surface area contributed by atoms with E-state index in [4.69, 9.17) is 4.74 Å². The third-order valence-electron chi connectivity index (χ3n) is 3.77. The van der Waals surface area contributed by atoms with Crippen molar-refractivity contribution in [2.45, 2.75) is 13.0 Å². The van der Waals surface area contributed by atoms with Crippen LogP contribution in [0.2, 0.25) is 0 Å². The number of esters is 1. The minimum absolute atomic E-state index is 0.358. The Kier molecular flexibility index (Phi) is 4.29. The van der Waals surface area contributed by atoms with E-state index in [2.05, 4.69) is 15.3 Å². The van der Waals surface area contributed by atoms with Gasteiger partial charge in [-0.1, -0.05) is 29.8 Å². The van der Waals surface area contributed by atoms with Gasteiger partial charge in [0.1, 0.15) is 0 Å².